The highest BCUT2D eigenvalue weighted by atomic mass is 16.5. The molecular weight excluding hydrogens is 252 g/mol. The molecule has 1 fully saturated rings. The van der Waals surface area contributed by atoms with E-state index in [-0.39, 0.29) is 5.54 Å². The fraction of sp³-hybridized carbons (Fsp3) is 0.733. The molecule has 0 bridgehead atoms. The van der Waals surface area contributed by atoms with Crippen LogP contribution in [0.2, 0.25) is 0 Å². The Morgan fingerprint density at radius 2 is 2.00 bits per heavy atom. The quantitative estimate of drug-likeness (QED) is 0.891. The third kappa shape index (κ3) is 3.46. The van der Waals surface area contributed by atoms with Crippen LogP contribution in [0, 0.1) is 6.92 Å². The van der Waals surface area contributed by atoms with Crippen molar-refractivity contribution in [1.82, 2.24) is 14.9 Å². The maximum Gasteiger partial charge on any atom is 0.129 e. The van der Waals surface area contributed by atoms with E-state index < -0.39 is 0 Å². The van der Waals surface area contributed by atoms with Crippen molar-refractivity contribution in [2.75, 3.05) is 39.2 Å². The summed E-state index contributed by atoms with van der Waals surface area (Å²) in [4.78, 5) is 11.2. The number of likely N-dealkylation sites (N-methyl/N-ethyl adjacent to an activating group) is 1. The Balaban J connectivity index is 2.07. The molecule has 0 spiro atoms. The van der Waals surface area contributed by atoms with Crippen molar-refractivity contribution in [1.29, 1.82) is 0 Å². The number of nitrogens with one attached hydrogen (secondary N) is 1. The Hall–Kier alpha value is -1.20. The maximum atomic E-state index is 5.50. The Kier molecular flexibility index (Phi) is 4.94. The van der Waals surface area contributed by atoms with Gasteiger partial charge in [0, 0.05) is 37.1 Å². The van der Waals surface area contributed by atoms with Crippen LogP contribution in [0.15, 0.2) is 6.07 Å². The van der Waals surface area contributed by atoms with Gasteiger partial charge in [-0.3, -0.25) is 0 Å². The van der Waals surface area contributed by atoms with Crippen molar-refractivity contribution in [3.05, 3.63) is 17.6 Å². The molecule has 1 aliphatic rings. The highest BCUT2D eigenvalue weighted by molar-refractivity contribution is 5.36. The topological polar surface area (TPSA) is 50.3 Å². The molecule has 112 valence electrons. The summed E-state index contributed by atoms with van der Waals surface area (Å²) < 4.78 is 5.50. The minimum absolute atomic E-state index is 0.156. The molecule has 0 amide bonds. The first-order valence-corrected chi connectivity index (χ1v) is 7.39. The Morgan fingerprint density at radius 1 is 1.30 bits per heavy atom. The van der Waals surface area contributed by atoms with Gasteiger partial charge >= 0.3 is 0 Å². The standard InChI is InChI=1S/C15H26N4O/c1-5-13-10-14(18-12(2)17-13)16-11-15(19(3)4)6-8-20-9-7-15/h10H,5-9,11H2,1-4H3,(H,16,17,18). The van der Waals surface area contributed by atoms with E-state index >= 15 is 0 Å². The first-order chi connectivity index (χ1) is 9.55. The number of aryl methyl sites for hydroxylation is 2. The summed E-state index contributed by atoms with van der Waals surface area (Å²) in [6, 6.07) is 2.05. The second-order valence-corrected chi connectivity index (χ2v) is 5.73. The summed E-state index contributed by atoms with van der Waals surface area (Å²) in [5.74, 6) is 1.76. The van der Waals surface area contributed by atoms with Gasteiger partial charge in [-0.05, 0) is 40.3 Å². The lowest BCUT2D eigenvalue weighted by Crippen LogP contribution is -2.53. The molecule has 0 radical (unpaired) electrons. The largest absolute Gasteiger partial charge is 0.381 e. The number of ether oxygens (including phenoxy) is 1. The molecule has 0 saturated carbocycles. The third-order valence-corrected chi connectivity index (χ3v) is 4.22. The van der Waals surface area contributed by atoms with Gasteiger partial charge in [-0.1, -0.05) is 6.92 Å². The molecule has 1 aliphatic heterocycles. The minimum Gasteiger partial charge on any atom is -0.381 e. The normalized spacial score (nSPS) is 18.2. The molecule has 5 heteroatoms. The van der Waals surface area contributed by atoms with E-state index in [4.69, 9.17) is 4.74 Å². The zero-order chi connectivity index (χ0) is 14.6. The number of aromatic nitrogens is 2. The lowest BCUT2D eigenvalue weighted by atomic mass is 9.88. The van der Waals surface area contributed by atoms with Crippen LogP contribution in [0.5, 0.6) is 0 Å². The van der Waals surface area contributed by atoms with Gasteiger partial charge in [0.1, 0.15) is 11.6 Å². The van der Waals surface area contributed by atoms with E-state index in [1.165, 1.54) is 0 Å². The van der Waals surface area contributed by atoms with Crippen molar-refractivity contribution in [2.24, 2.45) is 0 Å². The maximum absolute atomic E-state index is 5.50. The van der Waals surface area contributed by atoms with Gasteiger partial charge < -0.3 is 15.0 Å². The molecule has 1 N–H and O–H groups in total. The summed E-state index contributed by atoms with van der Waals surface area (Å²) in [5, 5.41) is 3.50. The lowest BCUT2D eigenvalue weighted by Gasteiger charge is -2.43. The van der Waals surface area contributed by atoms with Crippen molar-refractivity contribution in [2.45, 2.75) is 38.6 Å². The van der Waals surface area contributed by atoms with Gasteiger partial charge in [0.25, 0.3) is 0 Å². The molecule has 0 aromatic carbocycles. The van der Waals surface area contributed by atoms with Gasteiger partial charge in [-0.25, -0.2) is 9.97 Å². The van der Waals surface area contributed by atoms with Crippen LogP contribution in [-0.4, -0.2) is 54.3 Å². The second-order valence-electron chi connectivity index (χ2n) is 5.73. The van der Waals surface area contributed by atoms with Crippen LogP contribution in [0.25, 0.3) is 0 Å². The molecule has 2 rings (SSSR count). The summed E-state index contributed by atoms with van der Waals surface area (Å²) in [5.41, 5.74) is 1.25. The molecule has 0 aliphatic carbocycles. The number of anilines is 1. The Morgan fingerprint density at radius 3 is 2.60 bits per heavy atom. The van der Waals surface area contributed by atoms with Crippen LogP contribution in [0.3, 0.4) is 0 Å². The Labute approximate surface area is 121 Å². The predicted molar refractivity (Wildman–Crippen MR) is 81.1 cm³/mol. The number of nitrogens with zero attached hydrogens (tertiary/aromatic N) is 3. The van der Waals surface area contributed by atoms with Crippen LogP contribution >= 0.6 is 0 Å². The first kappa shape index (κ1) is 15.2. The zero-order valence-electron chi connectivity index (χ0n) is 13.1. The Bertz CT molecular complexity index is 441. The second kappa shape index (κ2) is 6.50. The molecule has 1 aromatic heterocycles. The van der Waals surface area contributed by atoms with Crippen LogP contribution in [-0.2, 0) is 11.2 Å². The molecule has 1 saturated heterocycles. The van der Waals surface area contributed by atoms with E-state index in [0.717, 1.165) is 56.4 Å². The molecule has 2 heterocycles. The van der Waals surface area contributed by atoms with E-state index in [1.54, 1.807) is 0 Å². The highest BCUT2D eigenvalue weighted by Gasteiger charge is 2.34. The van der Waals surface area contributed by atoms with Gasteiger partial charge in [0.2, 0.25) is 0 Å². The summed E-state index contributed by atoms with van der Waals surface area (Å²) in [6.45, 7) is 6.63. The van der Waals surface area contributed by atoms with E-state index in [2.05, 4.69) is 47.3 Å². The SMILES string of the molecule is CCc1cc(NCC2(N(C)C)CCOCC2)nc(C)n1. The zero-order valence-corrected chi connectivity index (χ0v) is 13.1. The summed E-state index contributed by atoms with van der Waals surface area (Å²) >= 11 is 0. The number of rotatable bonds is 5. The average molecular weight is 278 g/mol. The molecule has 0 atom stereocenters. The van der Waals surface area contributed by atoms with Crippen molar-refractivity contribution in [3.63, 3.8) is 0 Å². The molecular formula is C15H26N4O. The van der Waals surface area contributed by atoms with Crippen molar-refractivity contribution in [3.8, 4) is 0 Å². The number of hydrogen-bond donors (Lipinski definition) is 1. The van der Waals surface area contributed by atoms with Crippen LogP contribution < -0.4 is 5.32 Å². The molecule has 0 unspecified atom stereocenters. The third-order valence-electron chi connectivity index (χ3n) is 4.22. The fourth-order valence-electron chi connectivity index (χ4n) is 2.69. The van der Waals surface area contributed by atoms with Gasteiger partial charge in [-0.15, -0.1) is 0 Å². The molecule has 5 nitrogen and oxygen atoms in total. The fourth-order valence-corrected chi connectivity index (χ4v) is 2.69. The smallest absolute Gasteiger partial charge is 0.129 e. The average Bonchev–Trinajstić information content (AvgIpc) is 2.45. The predicted octanol–water partition coefficient (Wildman–Crippen LogP) is 1.87. The van der Waals surface area contributed by atoms with Crippen molar-refractivity contribution < 1.29 is 4.74 Å². The first-order valence-electron chi connectivity index (χ1n) is 7.39. The highest BCUT2D eigenvalue weighted by Crippen LogP contribution is 2.26. The minimum atomic E-state index is 0.156. The van der Waals surface area contributed by atoms with Gasteiger partial charge in [0.15, 0.2) is 0 Å². The molecule has 1 aromatic rings. The van der Waals surface area contributed by atoms with E-state index in [9.17, 15) is 0 Å². The summed E-state index contributed by atoms with van der Waals surface area (Å²) in [6.07, 6.45) is 3.04. The van der Waals surface area contributed by atoms with E-state index in [0.29, 0.717) is 0 Å². The lowest BCUT2D eigenvalue weighted by molar-refractivity contribution is -0.000668. The van der Waals surface area contributed by atoms with Crippen LogP contribution in [0.4, 0.5) is 5.82 Å². The monoisotopic (exact) mass is 278 g/mol. The number of hydrogen-bond acceptors (Lipinski definition) is 5. The van der Waals surface area contributed by atoms with Crippen LogP contribution in [0.1, 0.15) is 31.3 Å². The van der Waals surface area contributed by atoms with Gasteiger partial charge in [0.05, 0.1) is 0 Å². The van der Waals surface area contributed by atoms with E-state index in [1.807, 2.05) is 6.92 Å². The van der Waals surface area contributed by atoms with Gasteiger partial charge in [-0.2, -0.15) is 0 Å². The van der Waals surface area contributed by atoms with Crippen molar-refractivity contribution >= 4 is 5.82 Å². The molecule has 20 heavy (non-hydrogen) atoms. The summed E-state index contributed by atoms with van der Waals surface area (Å²) in [7, 11) is 4.30.